The Balaban J connectivity index is 2.54. The first kappa shape index (κ1) is 13.8. The number of halogens is 1. The summed E-state index contributed by atoms with van der Waals surface area (Å²) in [7, 11) is 1.44. The number of rotatable bonds is 3. The van der Waals surface area contributed by atoms with Gasteiger partial charge < -0.3 is 10.1 Å². The molecule has 0 aliphatic heterocycles. The fourth-order valence-electron chi connectivity index (χ4n) is 1.05. The number of imide groups is 1. The van der Waals surface area contributed by atoms with Crippen LogP contribution in [0.1, 0.15) is 6.92 Å². The molecule has 0 aromatic heterocycles. The molecule has 0 saturated heterocycles. The van der Waals surface area contributed by atoms with E-state index in [1.165, 1.54) is 7.05 Å². The number of benzene rings is 1. The van der Waals surface area contributed by atoms with E-state index in [9.17, 15) is 9.59 Å². The average molecular weight is 348 g/mol. The van der Waals surface area contributed by atoms with E-state index in [4.69, 9.17) is 4.74 Å². The quantitative estimate of drug-likeness (QED) is 0.814. The van der Waals surface area contributed by atoms with Gasteiger partial charge in [0, 0.05) is 10.6 Å². The SMILES string of the molecule is CNC(=O)NC(=O)[C@@H](C)Oc1ccc(I)cc1. The molecule has 0 radical (unpaired) electrons. The zero-order chi connectivity index (χ0) is 12.8. The molecule has 0 fully saturated rings. The number of ether oxygens (including phenoxy) is 1. The van der Waals surface area contributed by atoms with E-state index in [-0.39, 0.29) is 0 Å². The summed E-state index contributed by atoms with van der Waals surface area (Å²) in [6, 6.07) is 6.74. The van der Waals surface area contributed by atoms with Crippen molar-refractivity contribution >= 4 is 34.5 Å². The standard InChI is InChI=1S/C11H13IN2O3/c1-7(10(15)14-11(16)13-2)17-9-5-3-8(12)4-6-9/h3-7H,1-2H3,(H2,13,14,15,16)/t7-/m1/s1. The Morgan fingerprint density at radius 2 is 1.88 bits per heavy atom. The summed E-state index contributed by atoms with van der Waals surface area (Å²) < 4.78 is 6.46. The van der Waals surface area contributed by atoms with Crippen LogP contribution in [0.4, 0.5) is 4.79 Å². The smallest absolute Gasteiger partial charge is 0.321 e. The summed E-state index contributed by atoms with van der Waals surface area (Å²) in [6.07, 6.45) is -0.729. The van der Waals surface area contributed by atoms with Crippen molar-refractivity contribution in [1.82, 2.24) is 10.6 Å². The second-order valence-electron chi connectivity index (χ2n) is 3.28. The Morgan fingerprint density at radius 3 is 2.41 bits per heavy atom. The summed E-state index contributed by atoms with van der Waals surface area (Å²) in [5.74, 6) is 0.105. The highest BCUT2D eigenvalue weighted by molar-refractivity contribution is 14.1. The highest BCUT2D eigenvalue weighted by Crippen LogP contribution is 2.14. The van der Waals surface area contributed by atoms with Crippen LogP contribution in [0.15, 0.2) is 24.3 Å². The largest absolute Gasteiger partial charge is 0.481 e. The number of hydrogen-bond acceptors (Lipinski definition) is 3. The van der Waals surface area contributed by atoms with E-state index in [0.717, 1.165) is 3.57 Å². The molecule has 1 aromatic rings. The van der Waals surface area contributed by atoms with E-state index in [0.29, 0.717) is 5.75 Å². The third-order valence-electron chi connectivity index (χ3n) is 1.96. The molecule has 17 heavy (non-hydrogen) atoms. The molecule has 0 bridgehead atoms. The van der Waals surface area contributed by atoms with Crippen LogP contribution in [0.25, 0.3) is 0 Å². The molecule has 0 saturated carbocycles. The van der Waals surface area contributed by atoms with Crippen LogP contribution in [-0.4, -0.2) is 25.1 Å². The van der Waals surface area contributed by atoms with Crippen molar-refractivity contribution in [2.45, 2.75) is 13.0 Å². The van der Waals surface area contributed by atoms with E-state index >= 15 is 0 Å². The predicted octanol–water partition coefficient (Wildman–Crippen LogP) is 1.51. The van der Waals surface area contributed by atoms with Crippen LogP contribution in [0.3, 0.4) is 0 Å². The van der Waals surface area contributed by atoms with Gasteiger partial charge in [0.2, 0.25) is 0 Å². The van der Waals surface area contributed by atoms with Gasteiger partial charge in [-0.3, -0.25) is 10.1 Å². The number of carbonyl (C=O) groups excluding carboxylic acids is 2. The van der Waals surface area contributed by atoms with E-state index in [1.54, 1.807) is 19.1 Å². The molecule has 1 rings (SSSR count). The van der Waals surface area contributed by atoms with Crippen LogP contribution >= 0.6 is 22.6 Å². The molecule has 5 nitrogen and oxygen atoms in total. The highest BCUT2D eigenvalue weighted by atomic mass is 127. The maximum Gasteiger partial charge on any atom is 0.321 e. The van der Waals surface area contributed by atoms with E-state index in [1.807, 2.05) is 12.1 Å². The molecule has 1 atom stereocenters. The molecule has 3 amide bonds. The van der Waals surface area contributed by atoms with E-state index in [2.05, 4.69) is 33.2 Å². The third kappa shape index (κ3) is 4.59. The fourth-order valence-corrected chi connectivity index (χ4v) is 1.41. The van der Waals surface area contributed by atoms with Crippen LogP contribution in [-0.2, 0) is 4.79 Å². The summed E-state index contributed by atoms with van der Waals surface area (Å²) in [6.45, 7) is 1.58. The fraction of sp³-hybridized carbons (Fsp3) is 0.273. The monoisotopic (exact) mass is 348 g/mol. The van der Waals surface area contributed by atoms with Gasteiger partial charge in [0.15, 0.2) is 6.10 Å². The van der Waals surface area contributed by atoms with Gasteiger partial charge in [-0.15, -0.1) is 0 Å². The zero-order valence-corrected chi connectivity index (χ0v) is 11.6. The van der Waals surface area contributed by atoms with Gasteiger partial charge >= 0.3 is 6.03 Å². The lowest BCUT2D eigenvalue weighted by Gasteiger charge is -2.13. The molecule has 92 valence electrons. The maximum atomic E-state index is 11.5. The molecular weight excluding hydrogens is 335 g/mol. The molecular formula is C11H13IN2O3. The molecule has 0 heterocycles. The van der Waals surface area contributed by atoms with Crippen LogP contribution in [0.2, 0.25) is 0 Å². The van der Waals surface area contributed by atoms with Gasteiger partial charge in [-0.2, -0.15) is 0 Å². The lowest BCUT2D eigenvalue weighted by molar-refractivity contribution is -0.126. The normalized spacial score (nSPS) is 11.5. The van der Waals surface area contributed by atoms with Gasteiger partial charge in [-0.1, -0.05) is 0 Å². The van der Waals surface area contributed by atoms with Gasteiger partial charge in [-0.05, 0) is 53.8 Å². The molecule has 0 unspecified atom stereocenters. The first-order valence-electron chi connectivity index (χ1n) is 4.97. The first-order valence-corrected chi connectivity index (χ1v) is 6.05. The van der Waals surface area contributed by atoms with Crippen molar-refractivity contribution in [3.63, 3.8) is 0 Å². The summed E-state index contributed by atoms with van der Waals surface area (Å²) in [5.41, 5.74) is 0. The van der Waals surface area contributed by atoms with E-state index < -0.39 is 18.0 Å². The molecule has 2 N–H and O–H groups in total. The predicted molar refractivity (Wildman–Crippen MR) is 71.8 cm³/mol. The maximum absolute atomic E-state index is 11.5. The highest BCUT2D eigenvalue weighted by Gasteiger charge is 2.16. The van der Waals surface area contributed by atoms with Crippen molar-refractivity contribution in [2.24, 2.45) is 0 Å². The third-order valence-corrected chi connectivity index (χ3v) is 2.68. The summed E-state index contributed by atoms with van der Waals surface area (Å²) in [4.78, 5) is 22.4. The molecule has 0 aliphatic rings. The minimum atomic E-state index is -0.729. The van der Waals surface area contributed by atoms with Gasteiger partial charge in [-0.25, -0.2) is 4.79 Å². The van der Waals surface area contributed by atoms with Crippen molar-refractivity contribution in [3.05, 3.63) is 27.8 Å². The van der Waals surface area contributed by atoms with Crippen molar-refractivity contribution in [3.8, 4) is 5.75 Å². The van der Waals surface area contributed by atoms with Crippen LogP contribution in [0.5, 0.6) is 5.75 Å². The topological polar surface area (TPSA) is 67.4 Å². The molecule has 6 heteroatoms. The summed E-state index contributed by atoms with van der Waals surface area (Å²) in [5, 5.41) is 4.44. The van der Waals surface area contributed by atoms with Crippen LogP contribution in [0, 0.1) is 3.57 Å². The number of urea groups is 1. The lowest BCUT2D eigenvalue weighted by Crippen LogP contribution is -2.43. The second-order valence-corrected chi connectivity index (χ2v) is 4.53. The molecule has 0 spiro atoms. The second kappa shape index (κ2) is 6.43. The Morgan fingerprint density at radius 1 is 1.29 bits per heavy atom. The number of amides is 3. The first-order chi connectivity index (χ1) is 8.02. The van der Waals surface area contributed by atoms with Gasteiger partial charge in [0.05, 0.1) is 0 Å². The molecule has 1 aromatic carbocycles. The number of nitrogens with one attached hydrogen (secondary N) is 2. The van der Waals surface area contributed by atoms with Crippen molar-refractivity contribution in [1.29, 1.82) is 0 Å². The zero-order valence-electron chi connectivity index (χ0n) is 9.49. The Labute approximate surface area is 113 Å². The Bertz CT molecular complexity index is 406. The number of hydrogen-bond donors (Lipinski definition) is 2. The number of carbonyl (C=O) groups is 2. The lowest BCUT2D eigenvalue weighted by atomic mass is 10.3. The average Bonchev–Trinajstić information content (AvgIpc) is 2.31. The Hall–Kier alpha value is -1.31. The Kier molecular flexibility index (Phi) is 5.20. The summed E-state index contributed by atoms with van der Waals surface area (Å²) >= 11 is 2.18. The van der Waals surface area contributed by atoms with Crippen molar-refractivity contribution in [2.75, 3.05) is 7.05 Å². The minimum Gasteiger partial charge on any atom is -0.481 e. The van der Waals surface area contributed by atoms with Crippen molar-refractivity contribution < 1.29 is 14.3 Å². The van der Waals surface area contributed by atoms with Gasteiger partial charge in [0.25, 0.3) is 5.91 Å². The van der Waals surface area contributed by atoms with Gasteiger partial charge in [0.1, 0.15) is 5.75 Å². The minimum absolute atomic E-state index is 0.483. The van der Waals surface area contributed by atoms with Crippen LogP contribution < -0.4 is 15.4 Å². The molecule has 0 aliphatic carbocycles.